The zero-order valence-corrected chi connectivity index (χ0v) is 8.10. The van der Waals surface area contributed by atoms with Gasteiger partial charge in [-0.25, -0.2) is 0 Å². The summed E-state index contributed by atoms with van der Waals surface area (Å²) in [5.41, 5.74) is 4.98. The molecule has 1 amide bonds. The van der Waals surface area contributed by atoms with Crippen molar-refractivity contribution in [2.75, 3.05) is 0 Å². The topological polar surface area (TPSA) is 68.9 Å². The molecule has 0 unspecified atom stereocenters. The molecule has 0 aliphatic heterocycles. The standard InChI is InChI=1S/C7H11N3OS/c1-7(2,3)6-10-9-5(12-6)4(8)11/h1-3H3,(H2,8,11). The molecule has 0 fully saturated rings. The minimum Gasteiger partial charge on any atom is -0.363 e. The first-order chi connectivity index (χ1) is 5.41. The quantitative estimate of drug-likeness (QED) is 0.707. The number of nitrogens with two attached hydrogens (primary N) is 1. The highest BCUT2D eigenvalue weighted by atomic mass is 32.1. The smallest absolute Gasteiger partial charge is 0.279 e. The summed E-state index contributed by atoms with van der Waals surface area (Å²) >= 11 is 1.25. The Morgan fingerprint density at radius 2 is 2.00 bits per heavy atom. The zero-order valence-electron chi connectivity index (χ0n) is 7.29. The SMILES string of the molecule is CC(C)(C)c1nnc(C(N)=O)s1. The van der Waals surface area contributed by atoms with Crippen LogP contribution in [0.5, 0.6) is 0 Å². The van der Waals surface area contributed by atoms with Gasteiger partial charge in [-0.1, -0.05) is 32.1 Å². The van der Waals surface area contributed by atoms with Gasteiger partial charge in [0.1, 0.15) is 5.01 Å². The van der Waals surface area contributed by atoms with Gasteiger partial charge in [-0.15, -0.1) is 10.2 Å². The highest BCUT2D eigenvalue weighted by molar-refractivity contribution is 7.13. The van der Waals surface area contributed by atoms with E-state index in [1.54, 1.807) is 0 Å². The fourth-order valence-corrected chi connectivity index (χ4v) is 1.38. The molecule has 1 aromatic rings. The molecule has 1 rings (SSSR count). The Labute approximate surface area is 74.8 Å². The van der Waals surface area contributed by atoms with Gasteiger partial charge in [0.15, 0.2) is 0 Å². The van der Waals surface area contributed by atoms with Crippen molar-refractivity contribution in [3.8, 4) is 0 Å². The summed E-state index contributed by atoms with van der Waals surface area (Å²) in [5.74, 6) is -0.511. The van der Waals surface area contributed by atoms with E-state index in [4.69, 9.17) is 5.73 Å². The van der Waals surface area contributed by atoms with E-state index in [0.717, 1.165) is 5.01 Å². The molecule has 0 saturated heterocycles. The number of aromatic nitrogens is 2. The van der Waals surface area contributed by atoms with Crippen molar-refractivity contribution in [2.24, 2.45) is 5.73 Å². The van der Waals surface area contributed by atoms with Crippen molar-refractivity contribution < 1.29 is 4.79 Å². The van der Waals surface area contributed by atoms with Crippen molar-refractivity contribution in [3.63, 3.8) is 0 Å². The molecule has 0 bridgehead atoms. The Morgan fingerprint density at radius 3 is 2.25 bits per heavy atom. The lowest BCUT2D eigenvalue weighted by molar-refractivity contribution is 0.0999. The van der Waals surface area contributed by atoms with Crippen LogP contribution in [-0.4, -0.2) is 16.1 Å². The van der Waals surface area contributed by atoms with Gasteiger partial charge in [-0.2, -0.15) is 0 Å². The number of rotatable bonds is 1. The predicted octanol–water partition coefficient (Wildman–Crippen LogP) is 0.935. The van der Waals surface area contributed by atoms with E-state index in [1.807, 2.05) is 20.8 Å². The second kappa shape index (κ2) is 2.82. The lowest BCUT2D eigenvalue weighted by Crippen LogP contribution is -2.10. The maximum absolute atomic E-state index is 10.7. The fraction of sp³-hybridized carbons (Fsp3) is 0.571. The van der Waals surface area contributed by atoms with Crippen molar-refractivity contribution in [3.05, 3.63) is 10.0 Å². The second-order valence-corrected chi connectivity index (χ2v) is 4.50. The van der Waals surface area contributed by atoms with E-state index in [9.17, 15) is 4.79 Å². The van der Waals surface area contributed by atoms with Gasteiger partial charge in [0.25, 0.3) is 5.91 Å². The van der Waals surface area contributed by atoms with Crippen LogP contribution in [0.4, 0.5) is 0 Å². The molecule has 66 valence electrons. The number of hydrogen-bond acceptors (Lipinski definition) is 4. The summed E-state index contributed by atoms with van der Waals surface area (Å²) in [5, 5.41) is 8.66. The molecular weight excluding hydrogens is 174 g/mol. The number of carbonyl (C=O) groups excluding carboxylic acids is 1. The molecule has 0 atom stereocenters. The molecule has 1 aromatic heterocycles. The number of carbonyl (C=O) groups is 1. The molecule has 0 aromatic carbocycles. The van der Waals surface area contributed by atoms with Crippen molar-refractivity contribution in [1.29, 1.82) is 0 Å². The average Bonchev–Trinajstić information content (AvgIpc) is 2.30. The van der Waals surface area contributed by atoms with E-state index in [-0.39, 0.29) is 10.4 Å². The van der Waals surface area contributed by atoms with Crippen LogP contribution < -0.4 is 5.73 Å². The maximum Gasteiger partial charge on any atom is 0.279 e. The van der Waals surface area contributed by atoms with E-state index in [2.05, 4.69) is 10.2 Å². The van der Waals surface area contributed by atoms with Crippen LogP contribution in [0.25, 0.3) is 0 Å². The van der Waals surface area contributed by atoms with Crippen LogP contribution in [0.3, 0.4) is 0 Å². The van der Waals surface area contributed by atoms with Gasteiger partial charge in [0.05, 0.1) is 0 Å². The molecule has 0 radical (unpaired) electrons. The van der Waals surface area contributed by atoms with Crippen molar-refractivity contribution >= 4 is 17.2 Å². The third-order valence-corrected chi connectivity index (χ3v) is 2.64. The monoisotopic (exact) mass is 185 g/mol. The zero-order chi connectivity index (χ0) is 9.35. The number of nitrogens with zero attached hydrogens (tertiary/aromatic N) is 2. The van der Waals surface area contributed by atoms with Crippen molar-refractivity contribution in [1.82, 2.24) is 10.2 Å². The van der Waals surface area contributed by atoms with Gasteiger partial charge < -0.3 is 5.73 Å². The minimum atomic E-state index is -0.511. The average molecular weight is 185 g/mol. The number of hydrogen-bond donors (Lipinski definition) is 1. The summed E-state index contributed by atoms with van der Waals surface area (Å²) < 4.78 is 0. The van der Waals surface area contributed by atoms with Gasteiger partial charge in [-0.05, 0) is 0 Å². The van der Waals surface area contributed by atoms with Crippen LogP contribution >= 0.6 is 11.3 Å². The lowest BCUT2D eigenvalue weighted by Gasteiger charge is -2.12. The Morgan fingerprint density at radius 1 is 1.42 bits per heavy atom. The van der Waals surface area contributed by atoms with Crippen LogP contribution in [0.1, 0.15) is 35.6 Å². The largest absolute Gasteiger partial charge is 0.363 e. The van der Waals surface area contributed by atoms with Gasteiger partial charge in [0.2, 0.25) is 5.01 Å². The molecule has 2 N–H and O–H groups in total. The molecule has 12 heavy (non-hydrogen) atoms. The van der Waals surface area contributed by atoms with Crippen LogP contribution in [0.2, 0.25) is 0 Å². The molecule has 5 heteroatoms. The molecular formula is C7H11N3OS. The summed E-state index contributed by atoms with van der Waals surface area (Å²) in [7, 11) is 0. The van der Waals surface area contributed by atoms with Crippen LogP contribution in [0, 0.1) is 0 Å². The summed E-state index contributed by atoms with van der Waals surface area (Å²) in [4.78, 5) is 10.7. The number of amides is 1. The second-order valence-electron chi connectivity index (χ2n) is 3.53. The normalized spacial score (nSPS) is 11.6. The summed E-state index contributed by atoms with van der Waals surface area (Å²) in [6.07, 6.45) is 0. The Bertz CT molecular complexity index is 300. The van der Waals surface area contributed by atoms with E-state index in [1.165, 1.54) is 11.3 Å². The van der Waals surface area contributed by atoms with Crippen LogP contribution in [-0.2, 0) is 5.41 Å². The van der Waals surface area contributed by atoms with Gasteiger partial charge in [0, 0.05) is 5.41 Å². The first-order valence-corrected chi connectivity index (χ1v) is 4.36. The van der Waals surface area contributed by atoms with E-state index in [0.29, 0.717) is 0 Å². The summed E-state index contributed by atoms with van der Waals surface area (Å²) in [6, 6.07) is 0. The molecule has 0 saturated carbocycles. The van der Waals surface area contributed by atoms with Crippen molar-refractivity contribution in [2.45, 2.75) is 26.2 Å². The van der Waals surface area contributed by atoms with Gasteiger partial charge in [-0.3, -0.25) is 4.79 Å². The van der Waals surface area contributed by atoms with Gasteiger partial charge >= 0.3 is 0 Å². The molecule has 4 nitrogen and oxygen atoms in total. The minimum absolute atomic E-state index is 0.0641. The lowest BCUT2D eigenvalue weighted by atomic mass is 9.98. The molecule has 0 aliphatic carbocycles. The highest BCUT2D eigenvalue weighted by Crippen LogP contribution is 2.24. The van der Waals surface area contributed by atoms with E-state index < -0.39 is 5.91 Å². The molecule has 1 heterocycles. The number of primary amides is 1. The third kappa shape index (κ3) is 1.79. The first-order valence-electron chi connectivity index (χ1n) is 3.55. The Kier molecular flexibility index (Phi) is 2.14. The Balaban J connectivity index is 3.00. The first kappa shape index (κ1) is 9.12. The highest BCUT2D eigenvalue weighted by Gasteiger charge is 2.20. The summed E-state index contributed by atoms with van der Waals surface area (Å²) in [6.45, 7) is 6.04. The van der Waals surface area contributed by atoms with Crippen LogP contribution in [0.15, 0.2) is 0 Å². The maximum atomic E-state index is 10.7. The molecule has 0 spiro atoms. The fourth-order valence-electron chi connectivity index (χ4n) is 0.626. The Hall–Kier alpha value is -0.970. The third-order valence-electron chi connectivity index (χ3n) is 1.28. The predicted molar refractivity (Wildman–Crippen MR) is 47.1 cm³/mol. The van der Waals surface area contributed by atoms with E-state index >= 15 is 0 Å². The molecule has 0 aliphatic rings.